The van der Waals surface area contributed by atoms with E-state index in [1.54, 1.807) is 13.8 Å². The van der Waals surface area contributed by atoms with Gasteiger partial charge in [-0.05, 0) is 32.3 Å². The highest BCUT2D eigenvalue weighted by molar-refractivity contribution is 5.74. The average Bonchev–Trinajstić information content (AvgIpc) is 2.27. The molecule has 3 nitrogen and oxygen atoms in total. The molecule has 3 heteroatoms. The van der Waals surface area contributed by atoms with Crippen LogP contribution in [0.2, 0.25) is 0 Å². The topological polar surface area (TPSA) is 46.5 Å². The van der Waals surface area contributed by atoms with Crippen LogP contribution in [-0.4, -0.2) is 23.3 Å². The van der Waals surface area contributed by atoms with Crippen LogP contribution in [0.25, 0.3) is 0 Å². The number of hydrogen-bond acceptors (Lipinski definition) is 3. The Balaban J connectivity index is 2.58. The molecule has 0 spiro atoms. The molecule has 1 N–H and O–H groups in total. The van der Waals surface area contributed by atoms with Crippen molar-refractivity contribution in [1.82, 2.24) is 0 Å². The fraction of sp³-hybridized carbons (Fsp3) is 0.700. The standard InChI is InChI=1S/C10H16O3/c1-4-13-9(11)8-5-7(2)10(3,12)6-8/h8,12H,2,4-6H2,1,3H3/t8-,10+/m0/s1. The second-order valence-corrected chi connectivity index (χ2v) is 3.73. The van der Waals surface area contributed by atoms with Gasteiger partial charge in [-0.1, -0.05) is 6.58 Å². The number of carbonyl (C=O) groups is 1. The molecular formula is C10H16O3. The van der Waals surface area contributed by atoms with Crippen molar-refractivity contribution in [2.75, 3.05) is 6.61 Å². The lowest BCUT2D eigenvalue weighted by Crippen LogP contribution is -2.23. The quantitative estimate of drug-likeness (QED) is 0.519. The maximum absolute atomic E-state index is 11.3. The van der Waals surface area contributed by atoms with Gasteiger partial charge < -0.3 is 9.84 Å². The molecule has 0 aromatic carbocycles. The minimum absolute atomic E-state index is 0.206. The number of hydrogen-bond donors (Lipinski definition) is 1. The second-order valence-electron chi connectivity index (χ2n) is 3.73. The molecule has 1 fully saturated rings. The lowest BCUT2D eigenvalue weighted by molar-refractivity contribution is -0.148. The first-order valence-corrected chi connectivity index (χ1v) is 4.54. The first kappa shape index (κ1) is 10.3. The predicted octanol–water partition coefficient (Wildman–Crippen LogP) is 1.27. The van der Waals surface area contributed by atoms with Gasteiger partial charge in [-0.3, -0.25) is 4.79 Å². The van der Waals surface area contributed by atoms with Crippen molar-refractivity contribution in [3.05, 3.63) is 12.2 Å². The van der Waals surface area contributed by atoms with Crippen LogP contribution in [0.4, 0.5) is 0 Å². The first-order chi connectivity index (χ1) is 5.97. The van der Waals surface area contributed by atoms with Gasteiger partial charge in [-0.25, -0.2) is 0 Å². The van der Waals surface area contributed by atoms with E-state index in [9.17, 15) is 9.90 Å². The average molecular weight is 184 g/mol. The van der Waals surface area contributed by atoms with E-state index in [-0.39, 0.29) is 11.9 Å². The predicted molar refractivity (Wildman–Crippen MR) is 49.1 cm³/mol. The van der Waals surface area contributed by atoms with Crippen LogP contribution in [-0.2, 0) is 9.53 Å². The van der Waals surface area contributed by atoms with Gasteiger partial charge in [0.15, 0.2) is 0 Å². The van der Waals surface area contributed by atoms with Crippen LogP contribution in [0.1, 0.15) is 26.7 Å². The van der Waals surface area contributed by atoms with E-state index in [2.05, 4.69) is 6.58 Å². The summed E-state index contributed by atoms with van der Waals surface area (Å²) >= 11 is 0. The van der Waals surface area contributed by atoms with Gasteiger partial charge >= 0.3 is 5.97 Å². The van der Waals surface area contributed by atoms with Crippen LogP contribution in [0.15, 0.2) is 12.2 Å². The van der Waals surface area contributed by atoms with Crippen molar-refractivity contribution in [3.63, 3.8) is 0 Å². The van der Waals surface area contributed by atoms with Gasteiger partial charge in [0.1, 0.15) is 0 Å². The smallest absolute Gasteiger partial charge is 0.309 e. The number of carbonyl (C=O) groups excluding carboxylic acids is 1. The van der Waals surface area contributed by atoms with Crippen molar-refractivity contribution < 1.29 is 14.6 Å². The summed E-state index contributed by atoms with van der Waals surface area (Å²) in [6.45, 7) is 7.60. The van der Waals surface area contributed by atoms with Gasteiger partial charge in [0.25, 0.3) is 0 Å². The SMILES string of the molecule is C=C1C[C@H](C(=O)OCC)C[C@@]1(C)O. The molecule has 0 heterocycles. The summed E-state index contributed by atoms with van der Waals surface area (Å²) in [6, 6.07) is 0. The Labute approximate surface area is 78.4 Å². The van der Waals surface area contributed by atoms with E-state index in [1.165, 1.54) is 0 Å². The highest BCUT2D eigenvalue weighted by Gasteiger charge is 2.40. The normalized spacial score (nSPS) is 33.5. The summed E-state index contributed by atoms with van der Waals surface area (Å²) in [6.07, 6.45) is 0.983. The molecule has 13 heavy (non-hydrogen) atoms. The molecule has 0 aliphatic heterocycles. The Bertz CT molecular complexity index is 230. The molecule has 1 aliphatic rings. The van der Waals surface area contributed by atoms with Gasteiger partial charge in [0.05, 0.1) is 18.1 Å². The summed E-state index contributed by atoms with van der Waals surface area (Å²) in [7, 11) is 0. The molecular weight excluding hydrogens is 168 g/mol. The Morgan fingerprint density at radius 1 is 1.85 bits per heavy atom. The number of esters is 1. The van der Waals surface area contributed by atoms with E-state index in [1.807, 2.05) is 0 Å². The van der Waals surface area contributed by atoms with Crippen molar-refractivity contribution in [1.29, 1.82) is 0 Å². The summed E-state index contributed by atoms with van der Waals surface area (Å²) < 4.78 is 4.88. The van der Waals surface area contributed by atoms with Crippen LogP contribution in [0.3, 0.4) is 0 Å². The van der Waals surface area contributed by atoms with Gasteiger partial charge in [-0.15, -0.1) is 0 Å². The zero-order valence-electron chi connectivity index (χ0n) is 8.17. The molecule has 0 aromatic rings. The van der Waals surface area contributed by atoms with Crippen LogP contribution >= 0.6 is 0 Å². The third-order valence-electron chi connectivity index (χ3n) is 2.52. The summed E-state index contributed by atoms with van der Waals surface area (Å²) in [5.41, 5.74) is -0.164. The Morgan fingerprint density at radius 3 is 2.85 bits per heavy atom. The van der Waals surface area contributed by atoms with Crippen LogP contribution in [0.5, 0.6) is 0 Å². The molecule has 0 unspecified atom stereocenters. The fourth-order valence-electron chi connectivity index (χ4n) is 1.64. The van der Waals surface area contributed by atoms with Crippen molar-refractivity contribution in [2.24, 2.45) is 5.92 Å². The molecule has 0 radical (unpaired) electrons. The van der Waals surface area contributed by atoms with Crippen molar-refractivity contribution in [2.45, 2.75) is 32.3 Å². The maximum Gasteiger partial charge on any atom is 0.309 e. The molecule has 1 rings (SSSR count). The highest BCUT2D eigenvalue weighted by Crippen LogP contribution is 2.38. The molecule has 1 aliphatic carbocycles. The number of ether oxygens (including phenoxy) is 1. The van der Waals surface area contributed by atoms with Crippen LogP contribution < -0.4 is 0 Å². The molecule has 74 valence electrons. The third kappa shape index (κ3) is 2.10. The van der Waals surface area contributed by atoms with Crippen molar-refractivity contribution >= 4 is 5.97 Å². The Hall–Kier alpha value is -0.830. The maximum atomic E-state index is 11.3. The molecule has 0 amide bonds. The lowest BCUT2D eigenvalue weighted by atomic mass is 10.0. The minimum atomic E-state index is -0.891. The first-order valence-electron chi connectivity index (χ1n) is 4.54. The minimum Gasteiger partial charge on any atom is -0.466 e. The molecule has 0 saturated heterocycles. The summed E-state index contributed by atoms with van der Waals surface area (Å²) in [5.74, 6) is -0.427. The molecule has 0 aromatic heterocycles. The number of aliphatic hydroxyl groups is 1. The molecule has 2 atom stereocenters. The second kappa shape index (κ2) is 3.50. The zero-order chi connectivity index (χ0) is 10.1. The monoisotopic (exact) mass is 184 g/mol. The lowest BCUT2D eigenvalue weighted by Gasteiger charge is -2.16. The highest BCUT2D eigenvalue weighted by atomic mass is 16.5. The van der Waals surface area contributed by atoms with E-state index in [0.29, 0.717) is 19.4 Å². The Morgan fingerprint density at radius 2 is 2.46 bits per heavy atom. The zero-order valence-corrected chi connectivity index (χ0v) is 8.17. The van der Waals surface area contributed by atoms with Gasteiger partial charge in [0.2, 0.25) is 0 Å². The summed E-state index contributed by atoms with van der Waals surface area (Å²) in [5, 5.41) is 9.74. The molecule has 1 saturated carbocycles. The van der Waals surface area contributed by atoms with E-state index in [4.69, 9.17) is 4.74 Å². The largest absolute Gasteiger partial charge is 0.466 e. The van der Waals surface area contributed by atoms with Gasteiger partial charge in [0, 0.05) is 0 Å². The molecule has 0 bridgehead atoms. The van der Waals surface area contributed by atoms with Crippen LogP contribution in [0, 0.1) is 5.92 Å². The third-order valence-corrected chi connectivity index (χ3v) is 2.52. The van der Waals surface area contributed by atoms with Crippen molar-refractivity contribution in [3.8, 4) is 0 Å². The van der Waals surface area contributed by atoms with Gasteiger partial charge in [-0.2, -0.15) is 0 Å². The number of rotatable bonds is 2. The fourth-order valence-corrected chi connectivity index (χ4v) is 1.64. The van der Waals surface area contributed by atoms with E-state index in [0.717, 1.165) is 5.57 Å². The van der Waals surface area contributed by atoms with E-state index >= 15 is 0 Å². The summed E-state index contributed by atoms with van der Waals surface area (Å²) in [4.78, 5) is 11.3. The Kier molecular flexibility index (Phi) is 2.76. The van der Waals surface area contributed by atoms with E-state index < -0.39 is 5.60 Å².